The summed E-state index contributed by atoms with van der Waals surface area (Å²) in [5.41, 5.74) is -0.588. The Hall–Kier alpha value is -1.10. The van der Waals surface area contributed by atoms with Crippen LogP contribution >= 0.6 is 0 Å². The summed E-state index contributed by atoms with van der Waals surface area (Å²) in [5.74, 6) is -2.12. The van der Waals surface area contributed by atoms with Crippen molar-refractivity contribution < 1.29 is 17.8 Å². The van der Waals surface area contributed by atoms with E-state index < -0.39 is 33.8 Å². The fourth-order valence-corrected chi connectivity index (χ4v) is 2.74. The third kappa shape index (κ3) is 4.29. The summed E-state index contributed by atoms with van der Waals surface area (Å²) < 4.78 is 38.2. The van der Waals surface area contributed by atoms with Crippen molar-refractivity contribution in [3.05, 3.63) is 35.4 Å². The lowest BCUT2D eigenvalue weighted by atomic mass is 10.1. The van der Waals surface area contributed by atoms with Crippen LogP contribution in [-0.4, -0.2) is 21.5 Å². The van der Waals surface area contributed by atoms with E-state index in [4.69, 9.17) is 0 Å². The van der Waals surface area contributed by atoms with Crippen molar-refractivity contribution in [1.82, 2.24) is 0 Å². The lowest BCUT2D eigenvalue weighted by Crippen LogP contribution is -2.17. The monoisotopic (exact) mass is 274 g/mol. The summed E-state index contributed by atoms with van der Waals surface area (Å²) in [6.45, 7) is 3.96. The molecule has 0 aromatic heterocycles. The molecule has 18 heavy (non-hydrogen) atoms. The summed E-state index contributed by atoms with van der Waals surface area (Å²) in [7, 11) is -1.37. The quantitative estimate of drug-likeness (QED) is 0.747. The van der Waals surface area contributed by atoms with E-state index in [1.165, 1.54) is 6.07 Å². The Labute approximate surface area is 108 Å². The van der Waals surface area contributed by atoms with Gasteiger partial charge in [-0.3, -0.25) is 9.00 Å². The van der Waals surface area contributed by atoms with E-state index in [0.29, 0.717) is 11.7 Å². The molecule has 0 spiro atoms. The molecule has 5 heteroatoms. The maximum Gasteiger partial charge on any atom is 0.181 e. The third-order valence-electron chi connectivity index (χ3n) is 2.46. The second-order valence-electron chi connectivity index (χ2n) is 4.49. The number of hydrogen-bond donors (Lipinski definition) is 0. The van der Waals surface area contributed by atoms with E-state index in [2.05, 4.69) is 0 Å². The molecule has 0 saturated carbocycles. The van der Waals surface area contributed by atoms with E-state index in [1.54, 1.807) is 0 Å². The molecule has 0 N–H and O–H groups in total. The predicted octanol–water partition coefficient (Wildman–Crippen LogP) is 2.94. The van der Waals surface area contributed by atoms with Crippen LogP contribution in [0.1, 0.15) is 30.6 Å². The molecule has 0 aliphatic carbocycles. The first-order valence-electron chi connectivity index (χ1n) is 5.74. The molecule has 0 fully saturated rings. The Morgan fingerprint density at radius 2 is 1.83 bits per heavy atom. The average molecular weight is 274 g/mol. The minimum Gasteiger partial charge on any atom is -0.293 e. The van der Waals surface area contributed by atoms with Crippen LogP contribution in [0.2, 0.25) is 0 Å². The molecule has 1 aromatic rings. The zero-order valence-corrected chi connectivity index (χ0v) is 11.2. The zero-order valence-electron chi connectivity index (χ0n) is 10.4. The van der Waals surface area contributed by atoms with Gasteiger partial charge >= 0.3 is 0 Å². The van der Waals surface area contributed by atoms with Crippen molar-refractivity contribution in [2.45, 2.75) is 20.3 Å². The molecule has 0 aliphatic heterocycles. The molecule has 1 rings (SSSR count). The summed E-state index contributed by atoms with van der Waals surface area (Å²) in [6, 6.07) is 3.23. The van der Waals surface area contributed by atoms with Gasteiger partial charge in [-0.2, -0.15) is 0 Å². The number of Topliss-reactive ketones (excluding diaryl/α,β-unsaturated/α-hetero) is 1. The van der Waals surface area contributed by atoms with Crippen molar-refractivity contribution in [2.24, 2.45) is 5.92 Å². The van der Waals surface area contributed by atoms with Crippen molar-refractivity contribution in [2.75, 3.05) is 11.5 Å². The Kier molecular flexibility index (Phi) is 5.59. The van der Waals surface area contributed by atoms with Gasteiger partial charge in [-0.05, 0) is 24.5 Å². The molecule has 0 saturated heterocycles. The highest BCUT2D eigenvalue weighted by molar-refractivity contribution is 7.85. The highest BCUT2D eigenvalue weighted by atomic mass is 32.2. The largest absolute Gasteiger partial charge is 0.293 e. The van der Waals surface area contributed by atoms with Gasteiger partial charge in [0.25, 0.3) is 0 Å². The Morgan fingerprint density at radius 3 is 2.33 bits per heavy atom. The SMILES string of the molecule is CC(C)CCS(=O)CC(=O)c1c(F)cccc1F. The zero-order chi connectivity index (χ0) is 13.7. The van der Waals surface area contributed by atoms with Crippen molar-refractivity contribution in [3.63, 3.8) is 0 Å². The number of carbonyl (C=O) groups is 1. The fourth-order valence-electron chi connectivity index (χ4n) is 1.42. The van der Waals surface area contributed by atoms with E-state index in [0.717, 1.165) is 18.6 Å². The molecular formula is C13H16F2O2S. The van der Waals surface area contributed by atoms with Crippen LogP contribution in [0, 0.1) is 17.6 Å². The van der Waals surface area contributed by atoms with Crippen molar-refractivity contribution >= 4 is 16.6 Å². The number of halogens is 2. The van der Waals surface area contributed by atoms with E-state index >= 15 is 0 Å². The van der Waals surface area contributed by atoms with Crippen LogP contribution in [0.25, 0.3) is 0 Å². The van der Waals surface area contributed by atoms with E-state index in [-0.39, 0.29) is 5.75 Å². The van der Waals surface area contributed by atoms with Crippen LogP contribution < -0.4 is 0 Å². The molecule has 1 atom stereocenters. The Balaban J connectivity index is 2.68. The smallest absolute Gasteiger partial charge is 0.181 e. The van der Waals surface area contributed by atoms with Gasteiger partial charge in [-0.15, -0.1) is 0 Å². The van der Waals surface area contributed by atoms with Gasteiger partial charge in [0.1, 0.15) is 11.6 Å². The van der Waals surface area contributed by atoms with E-state index in [1.807, 2.05) is 13.8 Å². The molecule has 0 radical (unpaired) electrons. The molecule has 1 aromatic carbocycles. The summed E-state index contributed by atoms with van der Waals surface area (Å²) in [6.07, 6.45) is 0.722. The minimum atomic E-state index is -1.37. The minimum absolute atomic E-state index is 0.329. The third-order valence-corrected chi connectivity index (χ3v) is 3.73. The maximum atomic E-state index is 13.3. The van der Waals surface area contributed by atoms with Gasteiger partial charge < -0.3 is 0 Å². The van der Waals surface area contributed by atoms with Crippen LogP contribution in [0.15, 0.2) is 18.2 Å². The predicted molar refractivity (Wildman–Crippen MR) is 68.0 cm³/mol. The number of rotatable bonds is 6. The van der Waals surface area contributed by atoms with Crippen LogP contribution in [0.4, 0.5) is 8.78 Å². The Morgan fingerprint density at radius 1 is 1.28 bits per heavy atom. The lowest BCUT2D eigenvalue weighted by Gasteiger charge is -2.06. The maximum absolute atomic E-state index is 13.3. The normalized spacial score (nSPS) is 12.7. The second-order valence-corrected chi connectivity index (χ2v) is 6.07. The Bertz CT molecular complexity index is 438. The molecule has 1 unspecified atom stereocenters. The van der Waals surface area contributed by atoms with Gasteiger partial charge in [-0.1, -0.05) is 19.9 Å². The van der Waals surface area contributed by atoms with E-state index in [9.17, 15) is 17.8 Å². The highest BCUT2D eigenvalue weighted by Crippen LogP contribution is 2.13. The second kappa shape index (κ2) is 6.73. The number of benzene rings is 1. The first-order chi connectivity index (χ1) is 8.41. The van der Waals surface area contributed by atoms with Gasteiger partial charge in [0, 0.05) is 16.6 Å². The first-order valence-corrected chi connectivity index (χ1v) is 7.22. The molecule has 0 amide bonds. The van der Waals surface area contributed by atoms with Crippen LogP contribution in [-0.2, 0) is 10.8 Å². The van der Waals surface area contributed by atoms with Gasteiger partial charge in [0.15, 0.2) is 5.78 Å². The standard InChI is InChI=1S/C13H16F2O2S/c1-9(2)6-7-18(17)8-12(16)13-10(14)4-3-5-11(13)15/h3-5,9H,6-8H2,1-2H3. The number of carbonyl (C=O) groups excluding carboxylic acids is 1. The van der Waals surface area contributed by atoms with Gasteiger partial charge in [-0.25, -0.2) is 8.78 Å². The van der Waals surface area contributed by atoms with Gasteiger partial charge in [0.05, 0.1) is 11.3 Å². The fraction of sp³-hybridized carbons (Fsp3) is 0.462. The molecule has 100 valence electrons. The average Bonchev–Trinajstić information content (AvgIpc) is 2.26. The highest BCUT2D eigenvalue weighted by Gasteiger charge is 2.19. The van der Waals surface area contributed by atoms with Crippen LogP contribution in [0.3, 0.4) is 0 Å². The molecule has 2 nitrogen and oxygen atoms in total. The first kappa shape index (κ1) is 15.0. The summed E-state index contributed by atoms with van der Waals surface area (Å²) in [5, 5.41) is 0. The molecular weight excluding hydrogens is 258 g/mol. The molecule has 0 bridgehead atoms. The topological polar surface area (TPSA) is 34.1 Å². The van der Waals surface area contributed by atoms with Crippen LogP contribution in [0.5, 0.6) is 0 Å². The van der Waals surface area contributed by atoms with Gasteiger partial charge in [0.2, 0.25) is 0 Å². The lowest BCUT2D eigenvalue weighted by molar-refractivity contribution is 0.101. The van der Waals surface area contributed by atoms with Crippen molar-refractivity contribution in [3.8, 4) is 0 Å². The van der Waals surface area contributed by atoms with Crippen molar-refractivity contribution in [1.29, 1.82) is 0 Å². The summed E-state index contributed by atoms with van der Waals surface area (Å²) >= 11 is 0. The number of hydrogen-bond acceptors (Lipinski definition) is 2. The molecule has 0 heterocycles. The molecule has 0 aliphatic rings. The summed E-state index contributed by atoms with van der Waals surface area (Å²) in [4.78, 5) is 11.7. The number of ketones is 1.